The van der Waals surface area contributed by atoms with Gasteiger partial charge in [-0.1, -0.05) is 24.3 Å². The fraction of sp³-hybridized carbons (Fsp3) is 0.312. The molecule has 25 heavy (non-hydrogen) atoms. The van der Waals surface area contributed by atoms with E-state index in [4.69, 9.17) is 0 Å². The van der Waals surface area contributed by atoms with Gasteiger partial charge in [-0.15, -0.1) is 0 Å². The molecule has 3 rings (SSSR count). The Kier molecular flexibility index (Phi) is 5.03. The fourth-order valence-corrected chi connectivity index (χ4v) is 2.59. The molecule has 2 heterocycles. The van der Waals surface area contributed by atoms with E-state index in [9.17, 15) is 14.4 Å². The van der Waals surface area contributed by atoms with Crippen LogP contribution in [0.3, 0.4) is 0 Å². The van der Waals surface area contributed by atoms with Gasteiger partial charge in [0.25, 0.3) is 5.91 Å². The molecule has 1 unspecified atom stereocenters. The van der Waals surface area contributed by atoms with Gasteiger partial charge >= 0.3 is 6.03 Å². The normalized spacial score (nSPS) is 16.4. The number of amides is 4. The molecule has 0 bridgehead atoms. The number of aromatic nitrogens is 3. The number of hydrogen-bond donors (Lipinski definition) is 3. The smallest absolute Gasteiger partial charge is 0.322 e. The van der Waals surface area contributed by atoms with Gasteiger partial charge in [0.1, 0.15) is 18.7 Å². The SMILES string of the molecule is O=C(CCC1NC(=O)NC1=O)NCc1ccccc1Cn1cncn1. The minimum absolute atomic E-state index is 0.156. The Morgan fingerprint density at radius 3 is 2.72 bits per heavy atom. The Labute approximate surface area is 143 Å². The van der Waals surface area contributed by atoms with Crippen molar-refractivity contribution in [3.63, 3.8) is 0 Å². The fourth-order valence-electron chi connectivity index (χ4n) is 2.59. The molecular formula is C16H18N6O3. The van der Waals surface area contributed by atoms with Crippen LogP contribution in [0.4, 0.5) is 4.79 Å². The highest BCUT2D eigenvalue weighted by atomic mass is 16.2. The van der Waals surface area contributed by atoms with Gasteiger partial charge in [-0.25, -0.2) is 14.5 Å². The lowest BCUT2D eigenvalue weighted by atomic mass is 10.1. The third kappa shape index (κ3) is 4.40. The Morgan fingerprint density at radius 2 is 2.04 bits per heavy atom. The molecule has 0 spiro atoms. The monoisotopic (exact) mass is 342 g/mol. The van der Waals surface area contributed by atoms with E-state index in [1.165, 1.54) is 6.33 Å². The van der Waals surface area contributed by atoms with E-state index < -0.39 is 18.0 Å². The van der Waals surface area contributed by atoms with Crippen LogP contribution in [0.1, 0.15) is 24.0 Å². The van der Waals surface area contributed by atoms with E-state index in [2.05, 4.69) is 26.0 Å². The third-order valence-electron chi connectivity index (χ3n) is 3.91. The summed E-state index contributed by atoms with van der Waals surface area (Å²) in [7, 11) is 0. The van der Waals surface area contributed by atoms with Crippen LogP contribution in [0.5, 0.6) is 0 Å². The van der Waals surface area contributed by atoms with Gasteiger partial charge in [0.15, 0.2) is 0 Å². The summed E-state index contributed by atoms with van der Waals surface area (Å²) in [5, 5.41) is 11.5. The lowest BCUT2D eigenvalue weighted by Crippen LogP contribution is -2.31. The van der Waals surface area contributed by atoms with E-state index in [1.807, 2.05) is 24.3 Å². The van der Waals surface area contributed by atoms with Gasteiger partial charge in [-0.3, -0.25) is 14.9 Å². The molecule has 2 aromatic rings. The topological polar surface area (TPSA) is 118 Å². The maximum atomic E-state index is 12.0. The van der Waals surface area contributed by atoms with Crippen LogP contribution in [0, 0.1) is 0 Å². The number of carbonyl (C=O) groups excluding carboxylic acids is 3. The molecule has 0 radical (unpaired) electrons. The number of imide groups is 1. The maximum Gasteiger partial charge on any atom is 0.322 e. The highest BCUT2D eigenvalue weighted by Crippen LogP contribution is 2.10. The van der Waals surface area contributed by atoms with Crippen LogP contribution < -0.4 is 16.0 Å². The summed E-state index contributed by atoms with van der Waals surface area (Å²) in [5.41, 5.74) is 2.02. The summed E-state index contributed by atoms with van der Waals surface area (Å²) in [6, 6.07) is 6.60. The zero-order chi connectivity index (χ0) is 17.6. The van der Waals surface area contributed by atoms with Gasteiger partial charge < -0.3 is 10.6 Å². The first-order valence-electron chi connectivity index (χ1n) is 7.89. The highest BCUT2D eigenvalue weighted by Gasteiger charge is 2.29. The number of urea groups is 1. The van der Waals surface area contributed by atoms with E-state index in [0.29, 0.717) is 13.1 Å². The van der Waals surface area contributed by atoms with E-state index in [0.717, 1.165) is 11.1 Å². The molecule has 9 nitrogen and oxygen atoms in total. The summed E-state index contributed by atoms with van der Waals surface area (Å²) in [6.45, 7) is 0.952. The predicted octanol–water partition coefficient (Wildman–Crippen LogP) is -0.0692. The van der Waals surface area contributed by atoms with Crippen LogP contribution in [0.15, 0.2) is 36.9 Å². The summed E-state index contributed by atoms with van der Waals surface area (Å²) < 4.78 is 1.71. The van der Waals surface area contributed by atoms with Crippen LogP contribution in [0.25, 0.3) is 0 Å². The lowest BCUT2D eigenvalue weighted by Gasteiger charge is -2.11. The van der Waals surface area contributed by atoms with Crippen molar-refractivity contribution in [3.05, 3.63) is 48.0 Å². The number of rotatable bonds is 7. The Bertz CT molecular complexity index is 774. The van der Waals surface area contributed by atoms with Crippen molar-refractivity contribution in [2.75, 3.05) is 0 Å². The molecule has 1 aromatic carbocycles. The Balaban J connectivity index is 1.50. The molecule has 9 heteroatoms. The first-order valence-corrected chi connectivity index (χ1v) is 7.89. The zero-order valence-electron chi connectivity index (χ0n) is 13.4. The molecule has 1 aromatic heterocycles. The summed E-state index contributed by atoms with van der Waals surface area (Å²) in [6.07, 6.45) is 3.53. The second-order valence-electron chi connectivity index (χ2n) is 5.69. The van der Waals surface area contributed by atoms with Crippen molar-refractivity contribution >= 4 is 17.8 Å². The highest BCUT2D eigenvalue weighted by molar-refractivity contribution is 6.04. The van der Waals surface area contributed by atoms with Crippen molar-refractivity contribution in [2.24, 2.45) is 0 Å². The van der Waals surface area contributed by atoms with Crippen LogP contribution in [-0.4, -0.2) is 38.7 Å². The number of nitrogens with one attached hydrogen (secondary N) is 3. The zero-order valence-corrected chi connectivity index (χ0v) is 13.4. The van der Waals surface area contributed by atoms with Gasteiger partial charge in [0, 0.05) is 13.0 Å². The molecule has 3 N–H and O–H groups in total. The Morgan fingerprint density at radius 1 is 1.24 bits per heavy atom. The molecule has 1 aliphatic rings. The van der Waals surface area contributed by atoms with E-state index in [1.54, 1.807) is 11.0 Å². The van der Waals surface area contributed by atoms with Gasteiger partial charge in [-0.05, 0) is 17.5 Å². The van der Waals surface area contributed by atoms with Crippen LogP contribution in [0.2, 0.25) is 0 Å². The standard InChI is InChI=1S/C16H18N6O3/c23-14(6-5-13-15(24)21-16(25)20-13)18-7-11-3-1-2-4-12(11)8-22-10-17-9-19-22/h1-4,9-10,13H,5-8H2,(H,18,23)(H2,20,21,24,25). The number of hydrogen-bond acceptors (Lipinski definition) is 5. The second-order valence-corrected chi connectivity index (χ2v) is 5.69. The van der Waals surface area contributed by atoms with Crippen LogP contribution >= 0.6 is 0 Å². The minimum atomic E-state index is -0.641. The average Bonchev–Trinajstić information content (AvgIpc) is 3.21. The van der Waals surface area contributed by atoms with E-state index >= 15 is 0 Å². The molecule has 1 atom stereocenters. The molecule has 130 valence electrons. The molecule has 1 fully saturated rings. The molecular weight excluding hydrogens is 324 g/mol. The van der Waals surface area contributed by atoms with Gasteiger partial charge in [-0.2, -0.15) is 5.10 Å². The van der Waals surface area contributed by atoms with Gasteiger partial charge in [0.05, 0.1) is 6.54 Å². The minimum Gasteiger partial charge on any atom is -0.352 e. The molecule has 1 saturated heterocycles. The van der Waals surface area contributed by atoms with Crippen molar-refractivity contribution in [2.45, 2.75) is 32.0 Å². The molecule has 4 amide bonds. The van der Waals surface area contributed by atoms with Crippen molar-refractivity contribution in [1.82, 2.24) is 30.7 Å². The number of nitrogens with zero attached hydrogens (tertiary/aromatic N) is 3. The summed E-state index contributed by atoms with van der Waals surface area (Å²) in [4.78, 5) is 38.4. The van der Waals surface area contributed by atoms with Crippen molar-refractivity contribution < 1.29 is 14.4 Å². The molecule has 0 aliphatic carbocycles. The average molecular weight is 342 g/mol. The molecule has 0 saturated carbocycles. The van der Waals surface area contributed by atoms with Crippen molar-refractivity contribution in [1.29, 1.82) is 0 Å². The maximum absolute atomic E-state index is 12.0. The lowest BCUT2D eigenvalue weighted by molar-refractivity contribution is -0.122. The summed E-state index contributed by atoms with van der Waals surface area (Å²) >= 11 is 0. The largest absolute Gasteiger partial charge is 0.352 e. The predicted molar refractivity (Wildman–Crippen MR) is 87.1 cm³/mol. The van der Waals surface area contributed by atoms with E-state index in [-0.39, 0.29) is 18.7 Å². The second kappa shape index (κ2) is 7.56. The third-order valence-corrected chi connectivity index (χ3v) is 3.91. The number of benzene rings is 1. The summed E-state index contributed by atoms with van der Waals surface area (Å²) in [5.74, 6) is -0.569. The Hall–Kier alpha value is -3.23. The first-order chi connectivity index (χ1) is 12.1. The van der Waals surface area contributed by atoms with Crippen molar-refractivity contribution in [3.8, 4) is 0 Å². The quantitative estimate of drug-likeness (QED) is 0.609. The first kappa shape index (κ1) is 16.6. The number of carbonyl (C=O) groups is 3. The van der Waals surface area contributed by atoms with Gasteiger partial charge in [0.2, 0.25) is 5.91 Å². The van der Waals surface area contributed by atoms with Crippen LogP contribution in [-0.2, 0) is 22.7 Å². The molecule has 1 aliphatic heterocycles.